The van der Waals surface area contributed by atoms with Crippen molar-refractivity contribution < 1.29 is 5.11 Å². The summed E-state index contributed by atoms with van der Waals surface area (Å²) in [5, 5.41) is 10.6. The summed E-state index contributed by atoms with van der Waals surface area (Å²) in [7, 11) is 2.11. The third-order valence-electron chi connectivity index (χ3n) is 6.96. The first-order valence-electron chi connectivity index (χ1n) is 12.8. The standard InChI is InChI=1S/C27H48N2O/c1-21(2)15-13-11-9-7-6-8-10-12-14-16-22(3)17-18-24-25-19-20-29(5)27(25)28-23(4)26(24)30/h21-22,30H,6-20H2,1-5H3/t22-/m0/s1. The molecule has 3 heteroatoms. The molecule has 0 spiro atoms. The number of fused-ring (bicyclic) bond motifs is 1. The lowest BCUT2D eigenvalue weighted by Gasteiger charge is -2.17. The summed E-state index contributed by atoms with van der Waals surface area (Å²) in [6.45, 7) is 9.99. The summed E-state index contributed by atoms with van der Waals surface area (Å²) < 4.78 is 0. The molecule has 2 heterocycles. The number of likely N-dealkylation sites (N-methyl/N-ethyl adjacent to an activating group) is 1. The lowest BCUT2D eigenvalue weighted by molar-refractivity contribution is 0.436. The van der Waals surface area contributed by atoms with Crippen molar-refractivity contribution in [2.24, 2.45) is 11.8 Å². The summed E-state index contributed by atoms with van der Waals surface area (Å²) >= 11 is 0. The normalized spacial score (nSPS) is 14.5. The average molecular weight is 417 g/mol. The van der Waals surface area contributed by atoms with E-state index in [-0.39, 0.29) is 0 Å². The molecule has 30 heavy (non-hydrogen) atoms. The van der Waals surface area contributed by atoms with E-state index in [1.165, 1.54) is 88.2 Å². The third-order valence-corrected chi connectivity index (χ3v) is 6.96. The van der Waals surface area contributed by atoms with Gasteiger partial charge in [0.15, 0.2) is 0 Å². The molecule has 0 fully saturated rings. The fourth-order valence-electron chi connectivity index (χ4n) is 4.83. The summed E-state index contributed by atoms with van der Waals surface area (Å²) in [6, 6.07) is 0. The van der Waals surface area contributed by atoms with Crippen LogP contribution in [0.25, 0.3) is 0 Å². The molecule has 0 bridgehead atoms. The lowest BCUT2D eigenvalue weighted by atomic mass is 9.93. The molecule has 1 aliphatic rings. The number of aromatic nitrogens is 1. The maximum Gasteiger partial charge on any atom is 0.140 e. The molecule has 0 amide bonds. The minimum absolute atomic E-state index is 0.445. The number of hydrogen-bond acceptors (Lipinski definition) is 3. The van der Waals surface area contributed by atoms with Gasteiger partial charge in [-0.25, -0.2) is 4.98 Å². The highest BCUT2D eigenvalue weighted by Crippen LogP contribution is 2.36. The maximum atomic E-state index is 10.6. The van der Waals surface area contributed by atoms with Crippen molar-refractivity contribution in [2.45, 2.75) is 118 Å². The summed E-state index contributed by atoms with van der Waals surface area (Å²) in [5.41, 5.74) is 3.24. The van der Waals surface area contributed by atoms with Gasteiger partial charge in [-0.2, -0.15) is 0 Å². The molecule has 3 nitrogen and oxygen atoms in total. The average Bonchev–Trinajstić information content (AvgIpc) is 3.06. The van der Waals surface area contributed by atoms with E-state index >= 15 is 0 Å². The van der Waals surface area contributed by atoms with Gasteiger partial charge in [0.05, 0.1) is 5.69 Å². The van der Waals surface area contributed by atoms with Crippen LogP contribution in [-0.2, 0) is 12.8 Å². The zero-order valence-electron chi connectivity index (χ0n) is 20.6. The monoisotopic (exact) mass is 416 g/mol. The van der Waals surface area contributed by atoms with Crippen LogP contribution in [0.2, 0.25) is 0 Å². The van der Waals surface area contributed by atoms with Crippen LogP contribution in [0, 0.1) is 18.8 Å². The molecule has 172 valence electrons. The van der Waals surface area contributed by atoms with Gasteiger partial charge in [-0.3, -0.25) is 0 Å². The molecule has 0 saturated heterocycles. The van der Waals surface area contributed by atoms with Crippen LogP contribution in [0.4, 0.5) is 5.82 Å². The minimum Gasteiger partial charge on any atom is -0.506 e. The Morgan fingerprint density at radius 3 is 2.03 bits per heavy atom. The summed E-state index contributed by atoms with van der Waals surface area (Å²) in [5.74, 6) is 3.14. The Balaban J connectivity index is 1.55. The number of aryl methyl sites for hydroxylation is 1. The number of nitrogens with zero attached hydrogens (tertiary/aromatic N) is 2. The Morgan fingerprint density at radius 1 is 0.867 bits per heavy atom. The molecule has 1 atom stereocenters. The molecular formula is C27H48N2O. The Kier molecular flexibility index (Phi) is 11.0. The Labute approximate surface area is 186 Å². The molecule has 0 saturated carbocycles. The predicted molar refractivity (Wildman–Crippen MR) is 131 cm³/mol. The molecule has 0 aromatic carbocycles. The predicted octanol–water partition coefficient (Wildman–Crippen LogP) is 7.60. The van der Waals surface area contributed by atoms with E-state index in [1.807, 2.05) is 6.92 Å². The fourth-order valence-corrected chi connectivity index (χ4v) is 4.83. The van der Waals surface area contributed by atoms with E-state index < -0.39 is 0 Å². The number of hydrogen-bond donors (Lipinski definition) is 1. The van der Waals surface area contributed by atoms with Gasteiger partial charge < -0.3 is 10.0 Å². The summed E-state index contributed by atoms with van der Waals surface area (Å²) in [4.78, 5) is 6.83. The lowest BCUT2D eigenvalue weighted by Crippen LogP contribution is -2.14. The van der Waals surface area contributed by atoms with Crippen LogP contribution in [-0.4, -0.2) is 23.7 Å². The second kappa shape index (κ2) is 13.2. The highest BCUT2D eigenvalue weighted by atomic mass is 16.3. The van der Waals surface area contributed by atoms with Gasteiger partial charge in [0, 0.05) is 24.7 Å². The first-order chi connectivity index (χ1) is 14.4. The van der Waals surface area contributed by atoms with Gasteiger partial charge in [0.2, 0.25) is 0 Å². The smallest absolute Gasteiger partial charge is 0.140 e. The molecule has 1 aromatic heterocycles. The largest absolute Gasteiger partial charge is 0.506 e. The number of unbranched alkanes of at least 4 members (excludes halogenated alkanes) is 8. The van der Waals surface area contributed by atoms with Gasteiger partial charge >= 0.3 is 0 Å². The van der Waals surface area contributed by atoms with Crippen LogP contribution in [0.15, 0.2) is 0 Å². The van der Waals surface area contributed by atoms with Crippen molar-refractivity contribution >= 4 is 5.82 Å². The number of anilines is 1. The Hall–Kier alpha value is -1.25. The van der Waals surface area contributed by atoms with Gasteiger partial charge in [-0.15, -0.1) is 0 Å². The van der Waals surface area contributed by atoms with Crippen molar-refractivity contribution in [2.75, 3.05) is 18.5 Å². The second-order valence-corrected chi connectivity index (χ2v) is 10.3. The van der Waals surface area contributed by atoms with Gasteiger partial charge in [0.25, 0.3) is 0 Å². The van der Waals surface area contributed by atoms with Crippen molar-refractivity contribution in [3.05, 3.63) is 16.8 Å². The second-order valence-electron chi connectivity index (χ2n) is 10.3. The van der Waals surface area contributed by atoms with Gasteiger partial charge in [-0.05, 0) is 38.0 Å². The first kappa shape index (κ1) is 25.0. The van der Waals surface area contributed by atoms with Crippen LogP contribution in [0.1, 0.15) is 115 Å². The van der Waals surface area contributed by atoms with Crippen molar-refractivity contribution in [1.29, 1.82) is 0 Å². The van der Waals surface area contributed by atoms with Crippen LogP contribution < -0.4 is 4.90 Å². The number of aromatic hydroxyl groups is 1. The van der Waals surface area contributed by atoms with Crippen molar-refractivity contribution in [3.8, 4) is 5.75 Å². The molecule has 1 aliphatic heterocycles. The molecular weight excluding hydrogens is 368 g/mol. The fraction of sp³-hybridized carbons (Fsp3) is 0.815. The van der Waals surface area contributed by atoms with Gasteiger partial charge in [0.1, 0.15) is 11.6 Å². The van der Waals surface area contributed by atoms with Crippen LogP contribution >= 0.6 is 0 Å². The van der Waals surface area contributed by atoms with Crippen molar-refractivity contribution in [3.63, 3.8) is 0 Å². The van der Waals surface area contributed by atoms with Gasteiger partial charge in [-0.1, -0.05) is 91.4 Å². The van der Waals surface area contributed by atoms with E-state index in [1.54, 1.807) is 0 Å². The highest BCUT2D eigenvalue weighted by molar-refractivity contribution is 5.60. The SMILES string of the molecule is Cc1nc2c(c(CC[C@@H](C)CCCCCCCCCCCC(C)C)c1O)CCN2C. The molecule has 0 radical (unpaired) electrons. The third kappa shape index (κ3) is 8.12. The highest BCUT2D eigenvalue weighted by Gasteiger charge is 2.24. The van der Waals surface area contributed by atoms with Crippen LogP contribution in [0.5, 0.6) is 5.75 Å². The topological polar surface area (TPSA) is 36.4 Å². The quantitative estimate of drug-likeness (QED) is 0.299. The van der Waals surface area contributed by atoms with Crippen molar-refractivity contribution in [1.82, 2.24) is 4.98 Å². The number of pyridine rings is 1. The van der Waals surface area contributed by atoms with E-state index in [2.05, 4.69) is 37.7 Å². The molecule has 1 aromatic rings. The van der Waals surface area contributed by atoms with Crippen LogP contribution in [0.3, 0.4) is 0 Å². The van der Waals surface area contributed by atoms with E-state index in [9.17, 15) is 5.11 Å². The Morgan fingerprint density at radius 2 is 1.43 bits per heavy atom. The minimum atomic E-state index is 0.445. The maximum absolute atomic E-state index is 10.6. The Bertz CT molecular complexity index is 626. The zero-order chi connectivity index (χ0) is 21.9. The molecule has 2 rings (SSSR count). The zero-order valence-corrected chi connectivity index (χ0v) is 20.6. The van der Waals surface area contributed by atoms with E-state index in [0.29, 0.717) is 5.75 Å². The first-order valence-corrected chi connectivity index (χ1v) is 12.8. The summed E-state index contributed by atoms with van der Waals surface area (Å²) in [6.07, 6.45) is 18.6. The molecule has 0 aliphatic carbocycles. The molecule has 0 unspecified atom stereocenters. The number of rotatable bonds is 15. The van der Waals surface area contributed by atoms with E-state index in [0.717, 1.165) is 42.7 Å². The molecule has 1 N–H and O–H groups in total. The van der Waals surface area contributed by atoms with E-state index in [4.69, 9.17) is 0 Å².